The number of aryl methyl sites for hydroxylation is 1. The van der Waals surface area contributed by atoms with E-state index >= 15 is 0 Å². The summed E-state index contributed by atoms with van der Waals surface area (Å²) in [5.41, 5.74) is 2.11. The number of aromatic nitrogens is 2. The summed E-state index contributed by atoms with van der Waals surface area (Å²) in [6.45, 7) is 0.839. The summed E-state index contributed by atoms with van der Waals surface area (Å²) < 4.78 is 11.1. The molecule has 1 atom stereocenters. The first kappa shape index (κ1) is 20.1. The first-order chi connectivity index (χ1) is 14.7. The molecule has 0 bridgehead atoms. The van der Waals surface area contributed by atoms with E-state index in [0.29, 0.717) is 31.0 Å². The fraction of sp³-hybridized carbons (Fsp3) is 0.375. The summed E-state index contributed by atoms with van der Waals surface area (Å²) in [4.78, 5) is 14.9. The molecular weight excluding hydrogens is 378 g/mol. The Morgan fingerprint density at radius 3 is 2.87 bits per heavy atom. The molecule has 0 spiro atoms. The molecule has 30 heavy (non-hydrogen) atoms. The van der Waals surface area contributed by atoms with Crippen LogP contribution >= 0.6 is 0 Å². The SMILES string of the molecule is COc1cccc(CC2CCCN2C(=O)CCCc2nnc(-c3ccccc3)o2)c1. The van der Waals surface area contributed by atoms with Gasteiger partial charge in [-0.1, -0.05) is 30.3 Å². The van der Waals surface area contributed by atoms with Crippen LogP contribution in [0.3, 0.4) is 0 Å². The summed E-state index contributed by atoms with van der Waals surface area (Å²) in [7, 11) is 1.68. The third kappa shape index (κ3) is 4.87. The van der Waals surface area contributed by atoms with Crippen molar-refractivity contribution in [2.24, 2.45) is 0 Å². The van der Waals surface area contributed by atoms with Crippen LogP contribution in [0, 0.1) is 0 Å². The van der Waals surface area contributed by atoms with Crippen LogP contribution in [-0.2, 0) is 17.6 Å². The highest BCUT2D eigenvalue weighted by Gasteiger charge is 2.28. The minimum absolute atomic E-state index is 0.211. The molecule has 0 aliphatic carbocycles. The molecule has 0 saturated carbocycles. The Hall–Kier alpha value is -3.15. The quantitative estimate of drug-likeness (QED) is 0.559. The predicted octanol–water partition coefficient (Wildman–Crippen LogP) is 4.30. The zero-order chi connectivity index (χ0) is 20.8. The van der Waals surface area contributed by atoms with Gasteiger partial charge in [0.05, 0.1) is 7.11 Å². The molecule has 2 heterocycles. The molecule has 3 aromatic rings. The van der Waals surface area contributed by atoms with Gasteiger partial charge in [0.1, 0.15) is 5.75 Å². The molecule has 1 aliphatic heterocycles. The molecule has 0 N–H and O–H groups in total. The molecule has 1 unspecified atom stereocenters. The van der Waals surface area contributed by atoms with E-state index in [1.807, 2.05) is 47.4 Å². The van der Waals surface area contributed by atoms with Crippen molar-refractivity contribution in [3.8, 4) is 17.2 Å². The highest BCUT2D eigenvalue weighted by Crippen LogP contribution is 2.24. The van der Waals surface area contributed by atoms with Crippen molar-refractivity contribution in [3.63, 3.8) is 0 Å². The third-order valence-corrected chi connectivity index (χ3v) is 5.57. The van der Waals surface area contributed by atoms with Crippen LogP contribution in [0.1, 0.15) is 37.1 Å². The second kappa shape index (κ2) is 9.57. The smallest absolute Gasteiger partial charge is 0.247 e. The lowest BCUT2D eigenvalue weighted by Gasteiger charge is -2.25. The van der Waals surface area contributed by atoms with Gasteiger partial charge < -0.3 is 14.1 Å². The van der Waals surface area contributed by atoms with Crippen molar-refractivity contribution in [1.29, 1.82) is 0 Å². The summed E-state index contributed by atoms with van der Waals surface area (Å²) in [6.07, 6.45) is 4.79. The number of rotatable bonds is 8. The predicted molar refractivity (Wildman–Crippen MR) is 114 cm³/mol. The number of benzene rings is 2. The average Bonchev–Trinajstić information content (AvgIpc) is 3.44. The van der Waals surface area contributed by atoms with E-state index in [1.165, 1.54) is 5.56 Å². The monoisotopic (exact) mass is 405 g/mol. The van der Waals surface area contributed by atoms with Crippen LogP contribution in [-0.4, -0.2) is 40.7 Å². The first-order valence-electron chi connectivity index (χ1n) is 10.5. The summed E-state index contributed by atoms with van der Waals surface area (Å²) >= 11 is 0. The Labute approximate surface area is 176 Å². The van der Waals surface area contributed by atoms with Crippen LogP contribution in [0.4, 0.5) is 0 Å². The van der Waals surface area contributed by atoms with E-state index in [1.54, 1.807) is 7.11 Å². The minimum atomic E-state index is 0.211. The van der Waals surface area contributed by atoms with Gasteiger partial charge in [-0.3, -0.25) is 4.79 Å². The van der Waals surface area contributed by atoms with Gasteiger partial charge in [0, 0.05) is 31.0 Å². The number of methoxy groups -OCH3 is 1. The third-order valence-electron chi connectivity index (χ3n) is 5.57. The Morgan fingerprint density at radius 2 is 2.03 bits per heavy atom. The zero-order valence-corrected chi connectivity index (χ0v) is 17.3. The van der Waals surface area contributed by atoms with Gasteiger partial charge in [-0.25, -0.2) is 0 Å². The van der Waals surface area contributed by atoms with Crippen molar-refractivity contribution in [1.82, 2.24) is 15.1 Å². The average molecular weight is 405 g/mol. The molecule has 6 nitrogen and oxygen atoms in total. The standard InChI is InChI=1S/C24H27N3O3/c1-29-21-12-5-8-18(17-21)16-20-11-7-15-27(20)23(28)14-6-13-22-25-26-24(30-22)19-9-3-2-4-10-19/h2-5,8-10,12,17,20H,6-7,11,13-16H2,1H3. The Balaban J connectivity index is 1.28. The van der Waals surface area contributed by atoms with Crippen molar-refractivity contribution < 1.29 is 13.9 Å². The molecule has 4 rings (SSSR count). The first-order valence-corrected chi connectivity index (χ1v) is 10.5. The van der Waals surface area contributed by atoms with Gasteiger partial charge in [0.15, 0.2) is 0 Å². The van der Waals surface area contributed by atoms with Gasteiger partial charge >= 0.3 is 0 Å². The van der Waals surface area contributed by atoms with Crippen LogP contribution in [0.5, 0.6) is 5.75 Å². The van der Waals surface area contributed by atoms with Gasteiger partial charge in [-0.05, 0) is 55.5 Å². The molecule has 1 amide bonds. The van der Waals surface area contributed by atoms with Crippen molar-refractivity contribution in [2.75, 3.05) is 13.7 Å². The van der Waals surface area contributed by atoms with E-state index in [4.69, 9.17) is 9.15 Å². The van der Waals surface area contributed by atoms with Crippen molar-refractivity contribution in [2.45, 2.75) is 44.6 Å². The second-order valence-electron chi connectivity index (χ2n) is 7.66. The number of likely N-dealkylation sites (tertiary alicyclic amines) is 1. The Bertz CT molecular complexity index is 971. The van der Waals surface area contributed by atoms with E-state index < -0.39 is 0 Å². The number of nitrogens with zero attached hydrogens (tertiary/aromatic N) is 3. The lowest BCUT2D eigenvalue weighted by atomic mass is 10.0. The highest BCUT2D eigenvalue weighted by molar-refractivity contribution is 5.76. The van der Waals surface area contributed by atoms with E-state index in [2.05, 4.69) is 22.3 Å². The molecule has 0 radical (unpaired) electrons. The second-order valence-corrected chi connectivity index (χ2v) is 7.66. The minimum Gasteiger partial charge on any atom is -0.497 e. The Morgan fingerprint density at radius 1 is 1.17 bits per heavy atom. The van der Waals surface area contributed by atoms with Crippen LogP contribution < -0.4 is 4.74 Å². The Kier molecular flexibility index (Phi) is 6.42. The van der Waals surface area contributed by atoms with Gasteiger partial charge in [-0.15, -0.1) is 10.2 Å². The number of carbonyl (C=O) groups is 1. The molecule has 1 aromatic heterocycles. The molecule has 6 heteroatoms. The largest absolute Gasteiger partial charge is 0.497 e. The number of carbonyl (C=O) groups excluding carboxylic acids is 1. The number of hydrogen-bond donors (Lipinski definition) is 0. The lowest BCUT2D eigenvalue weighted by molar-refractivity contribution is -0.132. The maximum Gasteiger partial charge on any atom is 0.247 e. The van der Waals surface area contributed by atoms with Crippen LogP contribution in [0.2, 0.25) is 0 Å². The van der Waals surface area contributed by atoms with Crippen molar-refractivity contribution >= 4 is 5.91 Å². The van der Waals surface area contributed by atoms with E-state index in [0.717, 1.165) is 37.1 Å². The maximum absolute atomic E-state index is 12.8. The van der Waals surface area contributed by atoms with E-state index in [9.17, 15) is 4.79 Å². The number of ether oxygens (including phenoxy) is 1. The topological polar surface area (TPSA) is 68.5 Å². The molecule has 1 fully saturated rings. The molecule has 1 aliphatic rings. The van der Waals surface area contributed by atoms with Gasteiger partial charge in [-0.2, -0.15) is 0 Å². The lowest BCUT2D eigenvalue weighted by Crippen LogP contribution is -2.36. The van der Waals surface area contributed by atoms with Crippen LogP contribution in [0.25, 0.3) is 11.5 Å². The van der Waals surface area contributed by atoms with Crippen molar-refractivity contribution in [3.05, 3.63) is 66.1 Å². The summed E-state index contributed by atoms with van der Waals surface area (Å²) in [5, 5.41) is 8.23. The van der Waals surface area contributed by atoms with E-state index in [-0.39, 0.29) is 11.9 Å². The fourth-order valence-corrected chi connectivity index (χ4v) is 4.03. The maximum atomic E-state index is 12.8. The van der Waals surface area contributed by atoms with Gasteiger partial charge in [0.25, 0.3) is 0 Å². The van der Waals surface area contributed by atoms with Gasteiger partial charge in [0.2, 0.25) is 17.7 Å². The number of amides is 1. The summed E-state index contributed by atoms with van der Waals surface area (Å²) in [5.74, 6) is 2.17. The normalized spacial score (nSPS) is 16.0. The molecule has 156 valence electrons. The van der Waals surface area contributed by atoms with Crippen LogP contribution in [0.15, 0.2) is 59.0 Å². The number of hydrogen-bond acceptors (Lipinski definition) is 5. The summed E-state index contributed by atoms with van der Waals surface area (Å²) in [6, 6.07) is 18.1. The fourth-order valence-electron chi connectivity index (χ4n) is 4.03. The highest BCUT2D eigenvalue weighted by atomic mass is 16.5. The molecule has 1 saturated heterocycles. The molecule has 2 aromatic carbocycles. The zero-order valence-electron chi connectivity index (χ0n) is 17.3. The molecular formula is C24H27N3O3.